The summed E-state index contributed by atoms with van der Waals surface area (Å²) in [6.45, 7) is 2.88. The van der Waals surface area contributed by atoms with Crippen molar-refractivity contribution in [2.24, 2.45) is 0 Å². The van der Waals surface area contributed by atoms with Crippen molar-refractivity contribution < 1.29 is 4.79 Å². The summed E-state index contributed by atoms with van der Waals surface area (Å²) in [4.78, 5) is 19.6. The molecule has 0 bridgehead atoms. The van der Waals surface area contributed by atoms with Gasteiger partial charge in [-0.05, 0) is 44.7 Å². The van der Waals surface area contributed by atoms with Crippen molar-refractivity contribution in [2.75, 3.05) is 12.3 Å². The number of carbonyl (C=O) groups is 1. The lowest BCUT2D eigenvalue weighted by atomic mass is 9.94. The van der Waals surface area contributed by atoms with Gasteiger partial charge in [0.25, 0.3) is 0 Å². The number of thioether (sulfide) groups is 1. The Morgan fingerprint density at radius 1 is 1.15 bits per heavy atom. The Morgan fingerprint density at radius 3 is 2.56 bits per heavy atom. The molecule has 0 radical (unpaired) electrons. The second kappa shape index (κ2) is 8.46. The van der Waals surface area contributed by atoms with Crippen molar-refractivity contribution in [3.05, 3.63) is 36.2 Å². The highest BCUT2D eigenvalue weighted by Gasteiger charge is 2.31. The lowest BCUT2D eigenvalue weighted by Crippen LogP contribution is -2.42. The van der Waals surface area contributed by atoms with Crippen LogP contribution in [0.3, 0.4) is 0 Å². The van der Waals surface area contributed by atoms with Gasteiger partial charge in [0.2, 0.25) is 11.1 Å². The molecule has 27 heavy (non-hydrogen) atoms. The van der Waals surface area contributed by atoms with E-state index in [0.717, 1.165) is 30.9 Å². The molecule has 2 aliphatic rings. The summed E-state index contributed by atoms with van der Waals surface area (Å²) in [7, 11) is 0. The summed E-state index contributed by atoms with van der Waals surface area (Å²) in [6, 6.07) is 10.6. The Morgan fingerprint density at radius 2 is 1.89 bits per heavy atom. The van der Waals surface area contributed by atoms with Crippen molar-refractivity contribution in [1.29, 1.82) is 0 Å². The molecule has 6 heteroatoms. The molecule has 0 saturated heterocycles. The smallest absolute Gasteiger partial charge is 0.233 e. The summed E-state index contributed by atoms with van der Waals surface area (Å²) in [5.41, 5.74) is 1.04. The lowest BCUT2D eigenvalue weighted by Gasteiger charge is -2.33. The molecule has 2 saturated carbocycles. The first-order valence-electron chi connectivity index (χ1n) is 10.2. The summed E-state index contributed by atoms with van der Waals surface area (Å²) in [6.07, 6.45) is 8.46. The average Bonchev–Trinajstić information content (AvgIpc) is 3.48. The molecule has 5 nitrogen and oxygen atoms in total. The van der Waals surface area contributed by atoms with E-state index in [1.165, 1.54) is 43.9 Å². The van der Waals surface area contributed by atoms with Crippen LogP contribution in [0.15, 0.2) is 35.5 Å². The highest BCUT2D eigenvalue weighted by molar-refractivity contribution is 7.99. The minimum atomic E-state index is 0.221. The molecule has 0 aliphatic heterocycles. The van der Waals surface area contributed by atoms with E-state index in [1.807, 2.05) is 22.9 Å². The van der Waals surface area contributed by atoms with Gasteiger partial charge in [0.1, 0.15) is 5.82 Å². The standard InChI is InChI=1S/C21H28N4OS/c1-2-24(17-9-5-3-6-10-17)19(26)15-27-21-22-20(16-13-14-16)25(23-21)18-11-7-4-8-12-18/h4,7-8,11-12,16-17H,2-3,5-6,9-10,13-15H2,1H3. The molecule has 1 aromatic carbocycles. The Hall–Kier alpha value is -1.82. The summed E-state index contributed by atoms with van der Waals surface area (Å²) >= 11 is 1.48. The van der Waals surface area contributed by atoms with Gasteiger partial charge in [0, 0.05) is 18.5 Å². The van der Waals surface area contributed by atoms with Gasteiger partial charge in [-0.1, -0.05) is 49.2 Å². The van der Waals surface area contributed by atoms with Crippen LogP contribution in [0.2, 0.25) is 0 Å². The number of benzene rings is 1. The highest BCUT2D eigenvalue weighted by atomic mass is 32.2. The van der Waals surface area contributed by atoms with Gasteiger partial charge in [0.05, 0.1) is 11.4 Å². The van der Waals surface area contributed by atoms with Crippen molar-refractivity contribution in [3.63, 3.8) is 0 Å². The second-order valence-electron chi connectivity index (χ2n) is 7.53. The van der Waals surface area contributed by atoms with E-state index in [1.54, 1.807) is 0 Å². The Bertz CT molecular complexity index is 766. The molecule has 4 rings (SSSR count). The van der Waals surface area contributed by atoms with Gasteiger partial charge >= 0.3 is 0 Å². The predicted octanol–water partition coefficient (Wildman–Crippen LogP) is 4.42. The number of carbonyl (C=O) groups excluding carboxylic acids is 1. The number of hydrogen-bond donors (Lipinski definition) is 0. The first-order chi connectivity index (χ1) is 13.3. The average molecular weight is 385 g/mol. The molecule has 2 aromatic rings. The maximum Gasteiger partial charge on any atom is 0.233 e. The zero-order chi connectivity index (χ0) is 18.6. The molecule has 0 spiro atoms. The molecule has 0 N–H and O–H groups in total. The van der Waals surface area contributed by atoms with Crippen molar-refractivity contribution in [1.82, 2.24) is 19.7 Å². The van der Waals surface area contributed by atoms with Crippen LogP contribution in [0.25, 0.3) is 5.69 Å². The van der Waals surface area contributed by atoms with E-state index >= 15 is 0 Å². The third-order valence-corrected chi connectivity index (χ3v) is 6.38. The summed E-state index contributed by atoms with van der Waals surface area (Å²) < 4.78 is 1.96. The van der Waals surface area contributed by atoms with E-state index in [0.29, 0.717) is 22.9 Å². The minimum absolute atomic E-state index is 0.221. The van der Waals surface area contributed by atoms with Crippen molar-refractivity contribution in [3.8, 4) is 5.69 Å². The fraction of sp³-hybridized carbons (Fsp3) is 0.571. The van der Waals surface area contributed by atoms with Crippen LogP contribution in [0, 0.1) is 0 Å². The Labute approximate surface area is 165 Å². The molecule has 2 fully saturated rings. The first-order valence-corrected chi connectivity index (χ1v) is 11.2. The van der Waals surface area contributed by atoms with Crippen LogP contribution < -0.4 is 0 Å². The highest BCUT2D eigenvalue weighted by Crippen LogP contribution is 2.40. The number of amides is 1. The van der Waals surface area contributed by atoms with E-state index in [9.17, 15) is 4.79 Å². The fourth-order valence-electron chi connectivity index (χ4n) is 3.97. The Kier molecular flexibility index (Phi) is 5.81. The van der Waals surface area contributed by atoms with Crippen LogP contribution >= 0.6 is 11.8 Å². The maximum absolute atomic E-state index is 12.8. The van der Waals surface area contributed by atoms with Crippen LogP contribution in [0.4, 0.5) is 0 Å². The molecule has 0 unspecified atom stereocenters. The first kappa shape index (κ1) is 18.5. The van der Waals surface area contributed by atoms with E-state index in [-0.39, 0.29) is 5.91 Å². The zero-order valence-corrected chi connectivity index (χ0v) is 16.8. The van der Waals surface area contributed by atoms with E-state index in [2.05, 4.69) is 24.0 Å². The van der Waals surface area contributed by atoms with Crippen molar-refractivity contribution in [2.45, 2.75) is 69.0 Å². The lowest BCUT2D eigenvalue weighted by molar-refractivity contribution is -0.131. The van der Waals surface area contributed by atoms with Crippen LogP contribution in [0.1, 0.15) is 63.6 Å². The van der Waals surface area contributed by atoms with Crippen LogP contribution in [0.5, 0.6) is 0 Å². The van der Waals surface area contributed by atoms with Gasteiger partial charge in [-0.15, -0.1) is 5.10 Å². The molecular weight excluding hydrogens is 356 g/mol. The van der Waals surface area contributed by atoms with Crippen molar-refractivity contribution >= 4 is 17.7 Å². The number of para-hydroxylation sites is 1. The molecular formula is C21H28N4OS. The summed E-state index contributed by atoms with van der Waals surface area (Å²) in [5.74, 6) is 2.19. The minimum Gasteiger partial charge on any atom is -0.339 e. The van der Waals surface area contributed by atoms with Crippen LogP contribution in [-0.2, 0) is 4.79 Å². The quantitative estimate of drug-likeness (QED) is 0.663. The van der Waals surface area contributed by atoms with Gasteiger partial charge in [0.15, 0.2) is 0 Å². The van der Waals surface area contributed by atoms with E-state index < -0.39 is 0 Å². The number of aromatic nitrogens is 3. The second-order valence-corrected chi connectivity index (χ2v) is 8.48. The molecule has 1 aromatic heterocycles. The normalized spacial score (nSPS) is 17.8. The molecule has 0 atom stereocenters. The predicted molar refractivity (Wildman–Crippen MR) is 108 cm³/mol. The largest absolute Gasteiger partial charge is 0.339 e. The molecule has 2 aliphatic carbocycles. The number of nitrogens with zero attached hydrogens (tertiary/aromatic N) is 4. The van der Waals surface area contributed by atoms with Gasteiger partial charge in [-0.25, -0.2) is 9.67 Å². The molecule has 1 heterocycles. The third kappa shape index (κ3) is 4.37. The fourth-order valence-corrected chi connectivity index (χ4v) is 4.69. The molecule has 1 amide bonds. The topological polar surface area (TPSA) is 51.0 Å². The number of rotatable bonds is 7. The van der Waals surface area contributed by atoms with Gasteiger partial charge in [-0.3, -0.25) is 4.79 Å². The van der Waals surface area contributed by atoms with Crippen LogP contribution in [-0.4, -0.2) is 43.9 Å². The maximum atomic E-state index is 12.8. The van der Waals surface area contributed by atoms with Gasteiger partial charge < -0.3 is 4.90 Å². The molecule has 144 valence electrons. The van der Waals surface area contributed by atoms with Gasteiger partial charge in [-0.2, -0.15) is 0 Å². The monoisotopic (exact) mass is 384 g/mol. The Balaban J connectivity index is 1.44. The van der Waals surface area contributed by atoms with E-state index in [4.69, 9.17) is 10.1 Å². The zero-order valence-electron chi connectivity index (χ0n) is 16.0. The third-order valence-electron chi connectivity index (χ3n) is 5.56. The summed E-state index contributed by atoms with van der Waals surface area (Å²) in [5, 5.41) is 5.43. The number of hydrogen-bond acceptors (Lipinski definition) is 4. The SMILES string of the molecule is CCN(C(=O)CSc1nc(C2CC2)n(-c2ccccc2)n1)C1CCCCC1.